The molecule has 1 amide bonds. The minimum absolute atomic E-state index is 0.0911. The van der Waals surface area contributed by atoms with Gasteiger partial charge in [0.2, 0.25) is 5.91 Å². The molecule has 1 N–H and O–H groups in total. The van der Waals surface area contributed by atoms with Crippen LogP contribution in [0.15, 0.2) is 41.6 Å². The second kappa shape index (κ2) is 8.20. The van der Waals surface area contributed by atoms with Gasteiger partial charge in [0.05, 0.1) is 18.7 Å². The molecule has 1 heterocycles. The van der Waals surface area contributed by atoms with Crippen molar-refractivity contribution in [3.8, 4) is 0 Å². The second-order valence-electron chi connectivity index (χ2n) is 6.19. The summed E-state index contributed by atoms with van der Waals surface area (Å²) < 4.78 is 53.2. The van der Waals surface area contributed by atoms with Crippen molar-refractivity contribution in [1.29, 1.82) is 0 Å². The van der Waals surface area contributed by atoms with Gasteiger partial charge in [-0.2, -0.15) is 0 Å². The topological polar surface area (TPSA) is 50.7 Å². The third-order valence-corrected chi connectivity index (χ3v) is 4.12. The molecule has 1 atom stereocenters. The third-order valence-electron chi connectivity index (χ3n) is 4.12. The number of carbonyl (C=O) groups excluding carboxylic acids is 1. The molecule has 1 aliphatic rings. The van der Waals surface area contributed by atoms with E-state index < -0.39 is 41.4 Å². The fourth-order valence-electron chi connectivity index (χ4n) is 2.72. The number of benzene rings is 2. The summed E-state index contributed by atoms with van der Waals surface area (Å²) in [5.74, 6) is -4.54. The molecule has 0 saturated carbocycles. The van der Waals surface area contributed by atoms with Gasteiger partial charge in [-0.05, 0) is 29.8 Å². The van der Waals surface area contributed by atoms with E-state index in [4.69, 9.17) is 4.84 Å². The third kappa shape index (κ3) is 4.84. The van der Waals surface area contributed by atoms with Crippen molar-refractivity contribution in [1.82, 2.24) is 5.32 Å². The summed E-state index contributed by atoms with van der Waals surface area (Å²) in [5.41, 5.74) is 0.997. The van der Waals surface area contributed by atoms with Crippen LogP contribution in [-0.4, -0.2) is 24.3 Å². The molecule has 1 aliphatic heterocycles. The first kappa shape index (κ1) is 18.9. The van der Waals surface area contributed by atoms with Gasteiger partial charge in [0.1, 0.15) is 17.7 Å². The van der Waals surface area contributed by atoms with Crippen molar-refractivity contribution in [2.75, 3.05) is 6.54 Å². The van der Waals surface area contributed by atoms with Crippen molar-refractivity contribution in [2.45, 2.75) is 25.4 Å². The van der Waals surface area contributed by atoms with E-state index in [9.17, 15) is 22.4 Å². The number of nitrogens with zero attached hydrogens (tertiary/aromatic N) is 1. The zero-order valence-electron chi connectivity index (χ0n) is 14.1. The SMILES string of the molecule is O=C(Cc1c(F)ccc(F)c1F)NCC1CC(Cc2ccc(F)cc2)=NO1. The number of hydrogen-bond acceptors (Lipinski definition) is 3. The maximum absolute atomic E-state index is 13.6. The minimum atomic E-state index is -1.37. The van der Waals surface area contributed by atoms with Crippen LogP contribution in [0.5, 0.6) is 0 Å². The van der Waals surface area contributed by atoms with Crippen LogP contribution in [0.1, 0.15) is 17.5 Å². The lowest BCUT2D eigenvalue weighted by Crippen LogP contribution is -2.33. The molecular formula is C19H16F4N2O2. The Morgan fingerprint density at radius 3 is 2.52 bits per heavy atom. The largest absolute Gasteiger partial charge is 0.390 e. The fourth-order valence-corrected chi connectivity index (χ4v) is 2.72. The first-order valence-corrected chi connectivity index (χ1v) is 8.27. The van der Waals surface area contributed by atoms with Crippen molar-refractivity contribution < 1.29 is 27.2 Å². The highest BCUT2D eigenvalue weighted by Gasteiger charge is 2.23. The van der Waals surface area contributed by atoms with E-state index in [2.05, 4.69) is 10.5 Å². The predicted octanol–water partition coefficient (Wildman–Crippen LogP) is 3.29. The first-order chi connectivity index (χ1) is 12.9. The molecule has 2 aromatic rings. The van der Waals surface area contributed by atoms with Gasteiger partial charge in [0.25, 0.3) is 0 Å². The molecule has 0 spiro atoms. The number of oxime groups is 1. The van der Waals surface area contributed by atoms with E-state index in [0.29, 0.717) is 18.9 Å². The molecule has 142 valence electrons. The Morgan fingerprint density at radius 2 is 1.78 bits per heavy atom. The minimum Gasteiger partial charge on any atom is -0.390 e. The van der Waals surface area contributed by atoms with Crippen LogP contribution >= 0.6 is 0 Å². The molecule has 0 saturated heterocycles. The maximum Gasteiger partial charge on any atom is 0.224 e. The Balaban J connectivity index is 1.47. The lowest BCUT2D eigenvalue weighted by Gasteiger charge is -2.11. The van der Waals surface area contributed by atoms with Crippen LogP contribution < -0.4 is 5.32 Å². The van der Waals surface area contributed by atoms with Crippen LogP contribution in [0.4, 0.5) is 17.6 Å². The molecule has 27 heavy (non-hydrogen) atoms. The first-order valence-electron chi connectivity index (χ1n) is 8.27. The zero-order valence-corrected chi connectivity index (χ0v) is 14.1. The Bertz CT molecular complexity index is 869. The fraction of sp³-hybridized carbons (Fsp3) is 0.263. The van der Waals surface area contributed by atoms with Gasteiger partial charge in [0.15, 0.2) is 11.6 Å². The normalized spacial score (nSPS) is 16.0. The van der Waals surface area contributed by atoms with Crippen LogP contribution in [0, 0.1) is 23.3 Å². The average Bonchev–Trinajstić information content (AvgIpc) is 3.10. The number of nitrogens with one attached hydrogen (secondary N) is 1. The maximum atomic E-state index is 13.6. The Morgan fingerprint density at radius 1 is 1.07 bits per heavy atom. The standard InChI is InChI=1S/C19H16F4N2O2/c20-12-3-1-11(2-4-12)7-13-8-14(27-25-13)10-24-18(26)9-15-16(21)5-6-17(22)19(15)23/h1-6,14H,7-10H2,(H,24,26). The van der Waals surface area contributed by atoms with E-state index in [1.807, 2.05) is 0 Å². The summed E-state index contributed by atoms with van der Waals surface area (Å²) in [6.07, 6.45) is -0.0810. The molecule has 0 aromatic heterocycles. The molecule has 0 aliphatic carbocycles. The molecule has 0 bridgehead atoms. The molecular weight excluding hydrogens is 364 g/mol. The van der Waals surface area contributed by atoms with Gasteiger partial charge >= 0.3 is 0 Å². The highest BCUT2D eigenvalue weighted by Crippen LogP contribution is 2.17. The van der Waals surface area contributed by atoms with Crippen LogP contribution in [-0.2, 0) is 22.5 Å². The Labute approximate surface area is 152 Å². The zero-order chi connectivity index (χ0) is 19.4. The monoisotopic (exact) mass is 380 g/mol. The van der Waals surface area contributed by atoms with Crippen LogP contribution in [0.2, 0.25) is 0 Å². The number of halogens is 4. The highest BCUT2D eigenvalue weighted by atomic mass is 19.2. The van der Waals surface area contributed by atoms with Gasteiger partial charge in [-0.25, -0.2) is 17.6 Å². The molecule has 8 heteroatoms. The Kier molecular flexibility index (Phi) is 5.73. The van der Waals surface area contributed by atoms with Gasteiger partial charge < -0.3 is 10.2 Å². The van der Waals surface area contributed by atoms with Crippen LogP contribution in [0.25, 0.3) is 0 Å². The van der Waals surface area contributed by atoms with Crippen molar-refractivity contribution >= 4 is 11.6 Å². The lowest BCUT2D eigenvalue weighted by atomic mass is 10.0. The molecule has 0 radical (unpaired) electrons. The van der Waals surface area contributed by atoms with Gasteiger partial charge in [0, 0.05) is 18.4 Å². The van der Waals surface area contributed by atoms with Crippen molar-refractivity contribution in [3.05, 3.63) is 70.8 Å². The Hall–Kier alpha value is -2.90. The van der Waals surface area contributed by atoms with Gasteiger partial charge in [-0.15, -0.1) is 0 Å². The average molecular weight is 380 g/mol. The van der Waals surface area contributed by atoms with Gasteiger partial charge in [-0.3, -0.25) is 4.79 Å². The highest BCUT2D eigenvalue weighted by molar-refractivity contribution is 5.87. The molecule has 1 unspecified atom stereocenters. The summed E-state index contributed by atoms with van der Waals surface area (Å²) >= 11 is 0. The quantitative estimate of drug-likeness (QED) is 0.618. The van der Waals surface area contributed by atoms with E-state index in [1.54, 1.807) is 12.1 Å². The van der Waals surface area contributed by atoms with Crippen LogP contribution in [0.3, 0.4) is 0 Å². The summed E-state index contributed by atoms with van der Waals surface area (Å²) in [6.45, 7) is 0.0911. The smallest absolute Gasteiger partial charge is 0.224 e. The predicted molar refractivity (Wildman–Crippen MR) is 90.1 cm³/mol. The van der Waals surface area contributed by atoms with Crippen molar-refractivity contribution in [2.24, 2.45) is 5.16 Å². The lowest BCUT2D eigenvalue weighted by molar-refractivity contribution is -0.121. The van der Waals surface area contributed by atoms with E-state index >= 15 is 0 Å². The number of hydrogen-bond donors (Lipinski definition) is 1. The molecule has 0 fully saturated rings. The molecule has 3 rings (SSSR count). The number of rotatable bonds is 6. The number of carbonyl (C=O) groups is 1. The summed E-state index contributed by atoms with van der Waals surface area (Å²) in [7, 11) is 0. The molecule has 2 aromatic carbocycles. The summed E-state index contributed by atoms with van der Waals surface area (Å²) in [5, 5.41) is 6.43. The van der Waals surface area contributed by atoms with Crippen molar-refractivity contribution in [3.63, 3.8) is 0 Å². The van der Waals surface area contributed by atoms with E-state index in [-0.39, 0.29) is 12.4 Å². The second-order valence-corrected chi connectivity index (χ2v) is 6.19. The summed E-state index contributed by atoms with van der Waals surface area (Å²) in [4.78, 5) is 17.1. The van der Waals surface area contributed by atoms with E-state index in [1.165, 1.54) is 12.1 Å². The molecule has 4 nitrogen and oxygen atoms in total. The summed E-state index contributed by atoms with van der Waals surface area (Å²) in [6, 6.07) is 7.45. The number of amides is 1. The van der Waals surface area contributed by atoms with Gasteiger partial charge in [-0.1, -0.05) is 17.3 Å². The van der Waals surface area contributed by atoms with E-state index in [0.717, 1.165) is 17.3 Å².